The van der Waals surface area contributed by atoms with Gasteiger partial charge >= 0.3 is 0 Å². The van der Waals surface area contributed by atoms with Crippen LogP contribution in [-0.2, 0) is 12.8 Å². The number of aryl methyl sites for hydroxylation is 1. The van der Waals surface area contributed by atoms with Gasteiger partial charge in [0.05, 0.1) is 0 Å². The van der Waals surface area contributed by atoms with Crippen LogP contribution in [0.25, 0.3) is 16.8 Å². The molecule has 126 valence electrons. The summed E-state index contributed by atoms with van der Waals surface area (Å²) in [5.41, 5.74) is 7.52. The van der Waals surface area contributed by atoms with Crippen molar-refractivity contribution in [3.8, 4) is 0 Å². The van der Waals surface area contributed by atoms with Crippen LogP contribution in [0.4, 0.5) is 0 Å². The second-order valence-corrected chi connectivity index (χ2v) is 7.11. The van der Waals surface area contributed by atoms with Crippen LogP contribution in [0.3, 0.4) is 0 Å². The highest BCUT2D eigenvalue weighted by Crippen LogP contribution is 2.41. The van der Waals surface area contributed by atoms with Gasteiger partial charge in [0.15, 0.2) is 0 Å². The van der Waals surface area contributed by atoms with Crippen molar-refractivity contribution in [1.29, 1.82) is 0 Å². The van der Waals surface area contributed by atoms with Crippen LogP contribution in [0, 0.1) is 0 Å². The molecule has 3 aromatic rings. The van der Waals surface area contributed by atoms with Gasteiger partial charge in [0, 0.05) is 5.92 Å². The second kappa shape index (κ2) is 6.88. The predicted molar refractivity (Wildman–Crippen MR) is 109 cm³/mol. The zero-order valence-corrected chi connectivity index (χ0v) is 15.3. The summed E-state index contributed by atoms with van der Waals surface area (Å²) < 4.78 is 0. The van der Waals surface area contributed by atoms with E-state index in [9.17, 15) is 0 Å². The molecule has 0 saturated heterocycles. The third kappa shape index (κ3) is 2.80. The maximum atomic E-state index is 2.44. The monoisotopic (exact) mass is 326 g/mol. The summed E-state index contributed by atoms with van der Waals surface area (Å²) in [5, 5.41) is 2.82. The molecule has 0 saturated carbocycles. The SMILES string of the molecule is CCCc1cc2ccccc2c(C2C=Cc3ccccc32)c1CCC. The summed E-state index contributed by atoms with van der Waals surface area (Å²) in [6.45, 7) is 4.59. The summed E-state index contributed by atoms with van der Waals surface area (Å²) in [5.74, 6) is 0.388. The Kier molecular flexibility index (Phi) is 4.44. The zero-order chi connectivity index (χ0) is 17.2. The minimum absolute atomic E-state index is 0.388. The van der Waals surface area contributed by atoms with Crippen LogP contribution in [0.5, 0.6) is 0 Å². The first kappa shape index (κ1) is 16.1. The van der Waals surface area contributed by atoms with Gasteiger partial charge < -0.3 is 0 Å². The van der Waals surface area contributed by atoms with Gasteiger partial charge in [0.2, 0.25) is 0 Å². The molecule has 0 aromatic heterocycles. The van der Waals surface area contributed by atoms with E-state index in [-0.39, 0.29) is 0 Å². The first-order valence-electron chi connectivity index (χ1n) is 9.64. The fourth-order valence-corrected chi connectivity index (χ4v) is 4.37. The fourth-order valence-electron chi connectivity index (χ4n) is 4.37. The van der Waals surface area contributed by atoms with E-state index in [0.29, 0.717) is 5.92 Å². The molecule has 4 rings (SSSR count). The van der Waals surface area contributed by atoms with Crippen LogP contribution in [0.2, 0.25) is 0 Å². The molecule has 0 nitrogen and oxygen atoms in total. The summed E-state index contributed by atoms with van der Waals surface area (Å²) >= 11 is 0. The number of hydrogen-bond donors (Lipinski definition) is 0. The average Bonchev–Trinajstić information content (AvgIpc) is 3.06. The van der Waals surface area contributed by atoms with Crippen molar-refractivity contribution in [2.45, 2.75) is 45.4 Å². The molecule has 0 heteroatoms. The molecule has 3 aromatic carbocycles. The lowest BCUT2D eigenvalue weighted by molar-refractivity contribution is 0.844. The van der Waals surface area contributed by atoms with E-state index in [2.05, 4.69) is 80.6 Å². The van der Waals surface area contributed by atoms with E-state index in [1.54, 1.807) is 16.7 Å². The smallest absolute Gasteiger partial charge is 0.0287 e. The maximum absolute atomic E-state index is 2.44. The van der Waals surface area contributed by atoms with Crippen LogP contribution in [0.15, 0.2) is 60.7 Å². The van der Waals surface area contributed by atoms with E-state index in [4.69, 9.17) is 0 Å². The van der Waals surface area contributed by atoms with Crippen LogP contribution < -0.4 is 0 Å². The Morgan fingerprint density at radius 3 is 2.44 bits per heavy atom. The van der Waals surface area contributed by atoms with E-state index in [1.807, 2.05) is 0 Å². The lowest BCUT2D eigenvalue weighted by atomic mass is 9.81. The van der Waals surface area contributed by atoms with Gasteiger partial charge in [0.25, 0.3) is 0 Å². The zero-order valence-electron chi connectivity index (χ0n) is 15.3. The Hall–Kier alpha value is -2.34. The van der Waals surface area contributed by atoms with Gasteiger partial charge in [-0.25, -0.2) is 0 Å². The largest absolute Gasteiger partial charge is 0.0720 e. The predicted octanol–water partition coefficient (Wildman–Crippen LogP) is 6.90. The highest BCUT2D eigenvalue weighted by molar-refractivity contribution is 5.90. The van der Waals surface area contributed by atoms with Crippen LogP contribution in [-0.4, -0.2) is 0 Å². The summed E-state index contributed by atoms with van der Waals surface area (Å²) in [7, 11) is 0. The first-order valence-corrected chi connectivity index (χ1v) is 9.64. The van der Waals surface area contributed by atoms with Crippen LogP contribution >= 0.6 is 0 Å². The van der Waals surface area contributed by atoms with Gasteiger partial charge in [-0.05, 0) is 51.4 Å². The normalized spacial score (nSPS) is 15.7. The van der Waals surface area contributed by atoms with Gasteiger partial charge in [-0.3, -0.25) is 0 Å². The Bertz CT molecular complexity index is 930. The molecule has 1 atom stereocenters. The molecule has 0 heterocycles. The van der Waals surface area contributed by atoms with Crippen LogP contribution in [0.1, 0.15) is 60.4 Å². The molecule has 25 heavy (non-hydrogen) atoms. The third-order valence-electron chi connectivity index (χ3n) is 5.42. The molecule has 0 bridgehead atoms. The fraction of sp³-hybridized carbons (Fsp3) is 0.280. The molecule has 0 fully saturated rings. The number of allylic oxidation sites excluding steroid dienone is 1. The number of fused-ring (bicyclic) bond motifs is 2. The maximum Gasteiger partial charge on any atom is 0.0287 e. The molecule has 1 unspecified atom stereocenters. The highest BCUT2D eigenvalue weighted by Gasteiger charge is 2.24. The molecule has 0 aliphatic heterocycles. The Balaban J connectivity index is 2.01. The summed E-state index contributed by atoms with van der Waals surface area (Å²) in [6, 6.07) is 20.2. The topological polar surface area (TPSA) is 0 Å². The minimum Gasteiger partial charge on any atom is -0.0720 e. The average molecular weight is 326 g/mol. The summed E-state index contributed by atoms with van der Waals surface area (Å²) in [6.07, 6.45) is 9.44. The molecule has 0 N–H and O–H groups in total. The van der Waals surface area contributed by atoms with Gasteiger partial charge in [-0.15, -0.1) is 0 Å². The van der Waals surface area contributed by atoms with Crippen molar-refractivity contribution in [2.75, 3.05) is 0 Å². The molecular formula is C25H26. The van der Waals surface area contributed by atoms with E-state index in [1.165, 1.54) is 47.6 Å². The van der Waals surface area contributed by atoms with Crippen molar-refractivity contribution < 1.29 is 0 Å². The van der Waals surface area contributed by atoms with Crippen molar-refractivity contribution >= 4 is 16.8 Å². The number of rotatable bonds is 5. The second-order valence-electron chi connectivity index (χ2n) is 7.11. The lowest BCUT2D eigenvalue weighted by Gasteiger charge is -2.22. The van der Waals surface area contributed by atoms with Gasteiger partial charge in [-0.2, -0.15) is 0 Å². The van der Waals surface area contributed by atoms with Crippen molar-refractivity contribution in [2.24, 2.45) is 0 Å². The van der Waals surface area contributed by atoms with E-state index < -0.39 is 0 Å². The molecule has 0 radical (unpaired) electrons. The quantitative estimate of drug-likeness (QED) is 0.478. The van der Waals surface area contributed by atoms with E-state index in [0.717, 1.165) is 0 Å². The number of hydrogen-bond acceptors (Lipinski definition) is 0. The Morgan fingerprint density at radius 1 is 0.840 bits per heavy atom. The van der Waals surface area contributed by atoms with Crippen molar-refractivity contribution in [3.63, 3.8) is 0 Å². The Morgan fingerprint density at radius 2 is 1.60 bits per heavy atom. The van der Waals surface area contributed by atoms with Gasteiger partial charge in [-0.1, -0.05) is 93.4 Å². The first-order chi connectivity index (χ1) is 12.3. The summed E-state index contributed by atoms with van der Waals surface area (Å²) in [4.78, 5) is 0. The molecule has 1 aliphatic carbocycles. The number of benzene rings is 3. The molecule has 0 amide bonds. The lowest BCUT2D eigenvalue weighted by Crippen LogP contribution is -2.06. The molecule has 0 spiro atoms. The third-order valence-corrected chi connectivity index (χ3v) is 5.42. The highest BCUT2D eigenvalue weighted by atomic mass is 14.3. The van der Waals surface area contributed by atoms with Crippen molar-refractivity contribution in [3.05, 3.63) is 88.5 Å². The van der Waals surface area contributed by atoms with E-state index >= 15 is 0 Å². The van der Waals surface area contributed by atoms with Gasteiger partial charge in [0.1, 0.15) is 0 Å². The molecule has 1 aliphatic rings. The van der Waals surface area contributed by atoms with Crippen molar-refractivity contribution in [1.82, 2.24) is 0 Å². The minimum atomic E-state index is 0.388. The molecular weight excluding hydrogens is 300 g/mol. The Labute approximate surface area is 151 Å². The standard InChI is InChI=1S/C25H26/c1-3-9-19-17-20-12-6-8-14-23(20)25(22(19)10-4-2)24-16-15-18-11-5-7-13-21(18)24/h5-8,11-17,24H,3-4,9-10H2,1-2H3.